The first-order valence-corrected chi connectivity index (χ1v) is 35.9. The van der Waals surface area contributed by atoms with Gasteiger partial charge in [-0.05, 0) is 125 Å². The maximum absolute atomic E-state index is 13.0. The highest BCUT2D eigenvalue weighted by Crippen LogP contribution is 2.70. The van der Waals surface area contributed by atoms with E-state index >= 15 is 0 Å². The number of likely N-dealkylation sites (N-methyl/N-ethyl adjacent to an activating group) is 1. The maximum Gasteiger partial charge on any atom is 0.261 e. The van der Waals surface area contributed by atoms with Gasteiger partial charge in [-0.3, -0.25) is 4.79 Å². The third-order valence-electron chi connectivity index (χ3n) is 18.9. The first kappa shape index (κ1) is 58.3. The average Bonchev–Trinajstić information content (AvgIpc) is 1.49. The molecule has 0 fully saturated rings. The Morgan fingerprint density at radius 1 is 0.477 bits per heavy atom. The van der Waals surface area contributed by atoms with E-state index in [4.69, 9.17) is 4.43 Å². The molecule has 2 aliphatic rings. The Labute approximate surface area is 527 Å². The van der Waals surface area contributed by atoms with Gasteiger partial charge in [0.25, 0.3) is 8.32 Å². The van der Waals surface area contributed by atoms with Crippen molar-refractivity contribution in [2.24, 2.45) is 0 Å². The van der Waals surface area contributed by atoms with Crippen molar-refractivity contribution in [1.82, 2.24) is 0 Å². The van der Waals surface area contributed by atoms with Gasteiger partial charge >= 0.3 is 0 Å². The molecule has 0 aliphatic heterocycles. The number of thiophene rings is 4. The topological polar surface area (TPSA) is 29.5 Å². The molecule has 0 bridgehead atoms. The smallest absolute Gasteiger partial charge is 0.261 e. The summed E-state index contributed by atoms with van der Waals surface area (Å²) in [6, 6.07) is 74.2. The highest BCUT2D eigenvalue weighted by molar-refractivity contribution is 7.35. The standard InChI is InChI=1S/C78H77NO2S4Si/c1-48(2)52-23-33-57(34-24-52)77(58-35-25-53(26-36-58)49(3)4)65-45-62(47-80)82-70(65)72-68(77)74-75(84-72)69-73(85-74)71-66(78(69,59-37-27-54(28-38-59)50(5)6)60-39-29-55(30-40-60)51(7)8)46-67(83-71)56-31-41-61(42-32-56)79(12)43-44-81-86(76(9,10)11,63-19-15-13-16-20-63)64-21-17-14-18-22-64/h13-42,45-51H,43-44H2,1-12H3. The van der Waals surface area contributed by atoms with Crippen molar-refractivity contribution in [1.29, 1.82) is 0 Å². The van der Waals surface area contributed by atoms with E-state index in [1.54, 1.807) is 11.3 Å². The summed E-state index contributed by atoms with van der Waals surface area (Å²) >= 11 is 7.58. The highest BCUT2D eigenvalue weighted by Gasteiger charge is 2.56. The molecule has 2 aliphatic carbocycles. The highest BCUT2D eigenvalue weighted by atomic mass is 32.1. The van der Waals surface area contributed by atoms with E-state index in [0.717, 1.165) is 17.7 Å². The first-order chi connectivity index (χ1) is 41.4. The van der Waals surface area contributed by atoms with Crippen molar-refractivity contribution in [3.05, 3.63) is 266 Å². The molecule has 0 N–H and O–H groups in total. The number of aldehydes is 1. The van der Waals surface area contributed by atoms with Gasteiger partial charge in [-0.15, -0.1) is 45.3 Å². The number of hydrogen-bond acceptors (Lipinski definition) is 7. The maximum atomic E-state index is 13.0. The molecule has 11 aromatic rings. The Kier molecular flexibility index (Phi) is 15.2. The van der Waals surface area contributed by atoms with Crippen LogP contribution >= 0.6 is 45.3 Å². The molecule has 434 valence electrons. The zero-order valence-corrected chi connectivity index (χ0v) is 55.9. The Bertz CT molecular complexity index is 4110. The second kappa shape index (κ2) is 22.4. The van der Waals surface area contributed by atoms with Gasteiger partial charge in [0.05, 0.1) is 51.2 Å². The quantitative estimate of drug-likeness (QED) is 0.0672. The van der Waals surface area contributed by atoms with Crippen LogP contribution in [0.1, 0.15) is 176 Å². The summed E-state index contributed by atoms with van der Waals surface area (Å²) in [6.07, 6.45) is 1.06. The SMILES string of the molecule is CC(C)c1ccc(C2(c3ccc(C(C)C)cc3)c3cc(C=O)sc3-c3sc4c5c(sc4c32)-c2sc(-c3ccc(N(C)CCO[Si](c4ccccc4)(c4ccccc4)C(C)(C)C)cc3)cc2C5(c2ccc(C(C)C)cc2)c2ccc(C(C)C)cc2)cc1. The van der Waals surface area contributed by atoms with Gasteiger partial charge in [-0.2, -0.15) is 0 Å². The van der Waals surface area contributed by atoms with E-state index in [1.807, 2.05) is 34.0 Å². The summed E-state index contributed by atoms with van der Waals surface area (Å²) in [7, 11) is -0.487. The molecular weight excluding hydrogens is 1140 g/mol. The first-order valence-electron chi connectivity index (χ1n) is 30.7. The number of rotatable bonds is 17. The van der Waals surface area contributed by atoms with Crippen LogP contribution in [-0.2, 0) is 15.3 Å². The average molecular weight is 1220 g/mol. The number of nitrogens with zero attached hydrogens (tertiary/aromatic N) is 1. The number of carbonyl (C=O) groups is 1. The Hall–Kier alpha value is -6.75. The van der Waals surface area contributed by atoms with E-state index in [9.17, 15) is 4.79 Å². The lowest BCUT2D eigenvalue weighted by molar-refractivity contribution is 0.112. The lowest BCUT2D eigenvalue weighted by Gasteiger charge is -2.43. The molecular formula is C78H77NO2S4Si. The summed E-state index contributed by atoms with van der Waals surface area (Å²) < 4.78 is 10.1. The number of hydrogen-bond donors (Lipinski definition) is 0. The van der Waals surface area contributed by atoms with Crippen molar-refractivity contribution in [2.75, 3.05) is 25.1 Å². The molecule has 4 aromatic heterocycles. The van der Waals surface area contributed by atoms with Crippen LogP contribution in [0.5, 0.6) is 0 Å². The molecule has 0 radical (unpaired) electrons. The fourth-order valence-electron chi connectivity index (χ4n) is 14.2. The number of anilines is 1. The lowest BCUT2D eigenvalue weighted by atomic mass is 9.67. The summed E-state index contributed by atoms with van der Waals surface area (Å²) in [5, 5.41) is 2.51. The van der Waals surface area contributed by atoms with Gasteiger partial charge in [0.2, 0.25) is 0 Å². The van der Waals surface area contributed by atoms with Crippen molar-refractivity contribution in [3.8, 4) is 29.9 Å². The third kappa shape index (κ3) is 9.17. The summed E-state index contributed by atoms with van der Waals surface area (Å²) in [5.74, 6) is 1.58. The van der Waals surface area contributed by atoms with Gasteiger partial charge < -0.3 is 9.33 Å². The van der Waals surface area contributed by atoms with Crippen molar-refractivity contribution in [3.63, 3.8) is 0 Å². The number of benzene rings is 7. The molecule has 8 heteroatoms. The van der Waals surface area contributed by atoms with Crippen LogP contribution in [0.25, 0.3) is 39.3 Å². The van der Waals surface area contributed by atoms with E-state index < -0.39 is 19.1 Å². The number of fused-ring (bicyclic) bond motifs is 9. The second-order valence-corrected chi connectivity index (χ2v) is 34.7. The fourth-order valence-corrected chi connectivity index (χ4v) is 24.4. The molecule has 0 unspecified atom stereocenters. The molecule has 13 rings (SSSR count). The molecule has 0 saturated carbocycles. The molecule has 86 heavy (non-hydrogen) atoms. The fraction of sp³-hybridized carbons (Fsp3) is 0.269. The minimum Gasteiger partial charge on any atom is -0.406 e. The van der Waals surface area contributed by atoms with E-state index in [1.165, 1.54) is 122 Å². The Morgan fingerprint density at radius 2 is 0.860 bits per heavy atom. The predicted octanol–water partition coefficient (Wildman–Crippen LogP) is 20.8. The van der Waals surface area contributed by atoms with E-state index in [0.29, 0.717) is 30.3 Å². The Morgan fingerprint density at radius 3 is 1.23 bits per heavy atom. The third-order valence-corrected chi connectivity index (χ3v) is 29.0. The monoisotopic (exact) mass is 1220 g/mol. The Balaban J connectivity index is 0.978. The summed E-state index contributed by atoms with van der Waals surface area (Å²) in [4.78, 5) is 22.6. The normalized spacial score (nSPS) is 14.1. The minimum absolute atomic E-state index is 0.0932. The summed E-state index contributed by atoms with van der Waals surface area (Å²) in [5.41, 5.74) is 16.8. The van der Waals surface area contributed by atoms with Crippen LogP contribution in [-0.4, -0.2) is 34.8 Å². The number of carbonyl (C=O) groups excluding carboxylic acids is 1. The van der Waals surface area contributed by atoms with Crippen LogP contribution in [0.4, 0.5) is 5.69 Å². The van der Waals surface area contributed by atoms with Crippen LogP contribution < -0.4 is 15.3 Å². The largest absolute Gasteiger partial charge is 0.406 e. The molecule has 7 aromatic carbocycles. The lowest BCUT2D eigenvalue weighted by Crippen LogP contribution is -2.67. The van der Waals surface area contributed by atoms with Gasteiger partial charge in [0, 0.05) is 35.3 Å². The second-order valence-electron chi connectivity index (χ2n) is 26.2. The molecule has 0 amide bonds. The zero-order chi connectivity index (χ0) is 60.0. The minimum atomic E-state index is -2.69. The molecule has 0 saturated heterocycles. The predicted molar refractivity (Wildman–Crippen MR) is 374 cm³/mol. The molecule has 0 atom stereocenters. The summed E-state index contributed by atoms with van der Waals surface area (Å²) in [6.45, 7) is 26.7. The molecule has 0 spiro atoms. The van der Waals surface area contributed by atoms with Crippen molar-refractivity contribution >= 4 is 85.4 Å². The van der Waals surface area contributed by atoms with Gasteiger partial charge in [0.1, 0.15) is 0 Å². The van der Waals surface area contributed by atoms with Gasteiger partial charge in [-0.1, -0.05) is 246 Å². The van der Waals surface area contributed by atoms with Crippen LogP contribution in [0.15, 0.2) is 194 Å². The molecule has 4 heterocycles. The zero-order valence-electron chi connectivity index (χ0n) is 51.7. The van der Waals surface area contributed by atoms with E-state index in [-0.39, 0.29) is 5.04 Å². The van der Waals surface area contributed by atoms with Crippen LogP contribution in [0.2, 0.25) is 5.04 Å². The van der Waals surface area contributed by atoms with Crippen molar-refractivity contribution < 1.29 is 9.22 Å². The van der Waals surface area contributed by atoms with Crippen LogP contribution in [0, 0.1) is 0 Å². The van der Waals surface area contributed by atoms with Gasteiger partial charge in [-0.25, -0.2) is 0 Å². The van der Waals surface area contributed by atoms with Crippen molar-refractivity contribution in [2.45, 2.75) is 116 Å². The van der Waals surface area contributed by atoms with E-state index in [2.05, 4.69) is 282 Å². The molecule has 3 nitrogen and oxygen atoms in total. The van der Waals surface area contributed by atoms with Gasteiger partial charge in [0.15, 0.2) is 6.29 Å². The van der Waals surface area contributed by atoms with Crippen LogP contribution in [0.3, 0.4) is 0 Å².